The van der Waals surface area contributed by atoms with E-state index in [1.165, 1.54) is 0 Å². The summed E-state index contributed by atoms with van der Waals surface area (Å²) in [5.74, 6) is 2.13. The van der Waals surface area contributed by atoms with E-state index >= 15 is 0 Å². The number of rotatable bonds is 8. The van der Waals surface area contributed by atoms with E-state index in [2.05, 4.69) is 27.2 Å². The summed E-state index contributed by atoms with van der Waals surface area (Å²) in [5.41, 5.74) is 2.11. The van der Waals surface area contributed by atoms with E-state index in [4.69, 9.17) is 9.47 Å². The largest absolute Gasteiger partial charge is 0.489 e. The molecule has 6 heteroatoms. The molecule has 0 spiro atoms. The number of aliphatic imine (C=N–C) groups is 1. The molecule has 0 radical (unpaired) electrons. The first kappa shape index (κ1) is 18.3. The van der Waals surface area contributed by atoms with E-state index in [1.807, 2.05) is 36.4 Å². The second kappa shape index (κ2) is 9.97. The second-order valence-corrected chi connectivity index (χ2v) is 5.19. The van der Waals surface area contributed by atoms with Crippen molar-refractivity contribution in [1.29, 1.82) is 0 Å². The molecule has 2 aromatic rings. The van der Waals surface area contributed by atoms with Crippen LogP contribution in [-0.4, -0.2) is 31.7 Å². The van der Waals surface area contributed by atoms with Gasteiger partial charge in [0.1, 0.15) is 12.4 Å². The quantitative estimate of drug-likeness (QED) is 0.439. The highest BCUT2D eigenvalue weighted by Crippen LogP contribution is 2.17. The van der Waals surface area contributed by atoms with Crippen molar-refractivity contribution in [2.75, 3.05) is 20.8 Å². The van der Waals surface area contributed by atoms with Gasteiger partial charge in [0.15, 0.2) is 5.96 Å². The Bertz CT molecular complexity index is 716. The molecule has 132 valence electrons. The number of guanidine groups is 1. The third-order valence-corrected chi connectivity index (χ3v) is 3.47. The molecule has 0 aliphatic heterocycles. The van der Waals surface area contributed by atoms with Gasteiger partial charge >= 0.3 is 0 Å². The molecule has 0 bridgehead atoms. The van der Waals surface area contributed by atoms with Crippen molar-refractivity contribution < 1.29 is 9.47 Å². The maximum atomic E-state index is 5.67. The Morgan fingerprint density at radius 1 is 1.24 bits per heavy atom. The zero-order valence-electron chi connectivity index (χ0n) is 14.7. The van der Waals surface area contributed by atoms with Crippen LogP contribution in [0.5, 0.6) is 11.6 Å². The van der Waals surface area contributed by atoms with Crippen LogP contribution in [0.4, 0.5) is 0 Å². The van der Waals surface area contributed by atoms with Crippen LogP contribution in [0.1, 0.15) is 11.1 Å². The van der Waals surface area contributed by atoms with Crippen molar-refractivity contribution in [2.24, 2.45) is 4.99 Å². The number of hydrogen-bond acceptors (Lipinski definition) is 4. The van der Waals surface area contributed by atoms with E-state index in [0.717, 1.165) is 16.9 Å². The molecule has 0 aliphatic rings. The van der Waals surface area contributed by atoms with Crippen LogP contribution in [0.2, 0.25) is 0 Å². The Morgan fingerprint density at radius 3 is 2.80 bits per heavy atom. The summed E-state index contributed by atoms with van der Waals surface area (Å²) in [6.07, 6.45) is 3.45. The number of benzene rings is 1. The van der Waals surface area contributed by atoms with E-state index in [-0.39, 0.29) is 0 Å². The highest BCUT2D eigenvalue weighted by Gasteiger charge is 2.05. The second-order valence-electron chi connectivity index (χ2n) is 5.19. The van der Waals surface area contributed by atoms with Gasteiger partial charge < -0.3 is 20.1 Å². The number of aromatic nitrogens is 1. The lowest BCUT2D eigenvalue weighted by atomic mass is 10.2. The fraction of sp³-hybridized carbons (Fsp3) is 0.263. The van der Waals surface area contributed by atoms with Gasteiger partial charge in [0, 0.05) is 38.0 Å². The number of para-hydroxylation sites is 1. The Hall–Kier alpha value is -3.02. The number of pyridine rings is 1. The number of ether oxygens (including phenoxy) is 2. The molecule has 1 aromatic heterocycles. The summed E-state index contributed by atoms with van der Waals surface area (Å²) >= 11 is 0. The molecule has 0 saturated carbocycles. The molecule has 0 fully saturated rings. The van der Waals surface area contributed by atoms with Crippen molar-refractivity contribution in [1.82, 2.24) is 15.6 Å². The molecule has 2 rings (SSSR count). The number of nitrogens with zero attached hydrogens (tertiary/aromatic N) is 2. The molecule has 0 amide bonds. The summed E-state index contributed by atoms with van der Waals surface area (Å²) in [6, 6.07) is 11.7. The monoisotopic (exact) mass is 340 g/mol. The summed E-state index contributed by atoms with van der Waals surface area (Å²) < 4.78 is 10.8. The van der Waals surface area contributed by atoms with E-state index in [1.54, 1.807) is 26.4 Å². The smallest absolute Gasteiger partial charge is 0.213 e. The zero-order valence-corrected chi connectivity index (χ0v) is 14.7. The minimum absolute atomic E-state index is 0.480. The Labute approximate surface area is 148 Å². The molecule has 2 N–H and O–H groups in total. The predicted octanol–water partition coefficient (Wildman–Crippen LogP) is 2.52. The van der Waals surface area contributed by atoms with Crippen molar-refractivity contribution in [2.45, 2.75) is 13.1 Å². The van der Waals surface area contributed by atoms with Gasteiger partial charge in [0.05, 0.1) is 7.11 Å². The lowest BCUT2D eigenvalue weighted by Crippen LogP contribution is -2.36. The maximum Gasteiger partial charge on any atom is 0.213 e. The molecule has 1 heterocycles. The Kier molecular flexibility index (Phi) is 7.31. The summed E-state index contributed by atoms with van der Waals surface area (Å²) in [4.78, 5) is 8.34. The summed E-state index contributed by atoms with van der Waals surface area (Å²) in [5, 5.41) is 6.56. The molecule has 0 saturated heterocycles. The van der Waals surface area contributed by atoms with Crippen molar-refractivity contribution >= 4 is 5.96 Å². The highest BCUT2D eigenvalue weighted by atomic mass is 16.5. The van der Waals surface area contributed by atoms with Crippen LogP contribution >= 0.6 is 0 Å². The van der Waals surface area contributed by atoms with Crippen LogP contribution in [-0.2, 0) is 13.1 Å². The molecular weight excluding hydrogens is 316 g/mol. The topological polar surface area (TPSA) is 67.8 Å². The SMILES string of the molecule is C=CCOc1ccccc1CNC(=NC)NCc1ccnc(OC)c1. The molecule has 0 unspecified atom stereocenters. The normalized spacial score (nSPS) is 10.9. The summed E-state index contributed by atoms with van der Waals surface area (Å²) in [7, 11) is 3.34. The lowest BCUT2D eigenvalue weighted by molar-refractivity contribution is 0.358. The molecule has 0 atom stereocenters. The Morgan fingerprint density at radius 2 is 2.04 bits per heavy atom. The van der Waals surface area contributed by atoms with Gasteiger partial charge in [-0.05, 0) is 17.7 Å². The van der Waals surface area contributed by atoms with Gasteiger partial charge in [-0.1, -0.05) is 30.9 Å². The molecule has 6 nitrogen and oxygen atoms in total. The Balaban J connectivity index is 1.91. The lowest BCUT2D eigenvalue weighted by Gasteiger charge is -2.14. The van der Waals surface area contributed by atoms with Crippen molar-refractivity contribution in [3.63, 3.8) is 0 Å². The van der Waals surface area contributed by atoms with Crippen LogP contribution in [0.3, 0.4) is 0 Å². The highest BCUT2D eigenvalue weighted by molar-refractivity contribution is 5.79. The van der Waals surface area contributed by atoms with Gasteiger partial charge in [-0.25, -0.2) is 4.98 Å². The van der Waals surface area contributed by atoms with Crippen molar-refractivity contribution in [3.8, 4) is 11.6 Å². The third-order valence-electron chi connectivity index (χ3n) is 3.47. The van der Waals surface area contributed by atoms with Gasteiger partial charge in [-0.2, -0.15) is 0 Å². The fourth-order valence-electron chi connectivity index (χ4n) is 2.20. The average Bonchev–Trinajstić information content (AvgIpc) is 2.67. The van der Waals surface area contributed by atoms with Crippen LogP contribution in [0.25, 0.3) is 0 Å². The summed E-state index contributed by atoms with van der Waals surface area (Å²) in [6.45, 7) is 5.38. The first-order chi connectivity index (χ1) is 12.3. The fourth-order valence-corrected chi connectivity index (χ4v) is 2.20. The van der Waals surface area contributed by atoms with E-state index < -0.39 is 0 Å². The van der Waals surface area contributed by atoms with Crippen LogP contribution in [0.15, 0.2) is 60.2 Å². The number of methoxy groups -OCH3 is 1. The molecule has 25 heavy (non-hydrogen) atoms. The minimum atomic E-state index is 0.480. The predicted molar refractivity (Wildman–Crippen MR) is 100.0 cm³/mol. The standard InChI is InChI=1S/C19H24N4O2/c1-4-11-25-17-8-6-5-7-16(17)14-23-19(20-2)22-13-15-9-10-21-18(12-15)24-3/h4-10,12H,1,11,13-14H2,2-3H3,(H2,20,22,23). The van der Waals surface area contributed by atoms with Gasteiger partial charge in [-0.15, -0.1) is 0 Å². The van der Waals surface area contributed by atoms with Gasteiger partial charge in [-0.3, -0.25) is 4.99 Å². The first-order valence-electron chi connectivity index (χ1n) is 8.02. The molecule has 0 aliphatic carbocycles. The number of hydrogen-bond donors (Lipinski definition) is 2. The van der Waals surface area contributed by atoms with Crippen LogP contribution < -0.4 is 20.1 Å². The molecule has 1 aromatic carbocycles. The average molecular weight is 340 g/mol. The zero-order chi connectivity index (χ0) is 17.9. The van der Waals surface area contributed by atoms with E-state index in [9.17, 15) is 0 Å². The van der Waals surface area contributed by atoms with Crippen LogP contribution in [0, 0.1) is 0 Å². The molecular formula is C19H24N4O2. The van der Waals surface area contributed by atoms with E-state index in [0.29, 0.717) is 31.5 Å². The maximum absolute atomic E-state index is 5.67. The first-order valence-corrected chi connectivity index (χ1v) is 8.02. The van der Waals surface area contributed by atoms with Gasteiger partial charge in [0.25, 0.3) is 0 Å². The van der Waals surface area contributed by atoms with Crippen molar-refractivity contribution in [3.05, 3.63) is 66.4 Å². The number of nitrogens with one attached hydrogen (secondary N) is 2. The minimum Gasteiger partial charge on any atom is -0.489 e. The third kappa shape index (κ3) is 5.84. The van der Waals surface area contributed by atoms with Gasteiger partial charge in [0.2, 0.25) is 5.88 Å².